The van der Waals surface area contributed by atoms with E-state index in [-0.39, 0.29) is 0 Å². The number of halogens is 1. The van der Waals surface area contributed by atoms with E-state index in [1.807, 2.05) is 29.9 Å². The number of imidazole rings is 1. The van der Waals surface area contributed by atoms with Crippen LogP contribution < -0.4 is 5.32 Å². The number of anilines is 1. The highest BCUT2D eigenvalue weighted by atomic mass is 79.9. The van der Waals surface area contributed by atoms with Gasteiger partial charge in [0.2, 0.25) is 0 Å². The van der Waals surface area contributed by atoms with Crippen molar-refractivity contribution in [3.8, 4) is 0 Å². The average Bonchev–Trinajstić information content (AvgIpc) is 2.81. The normalized spacial score (nSPS) is 10.8. The standard InChI is InChI=1S/C13H12BrN5/c1-19-5-4-16-12(19)8-17-10-2-3-15-11-6-9(14)7-18-13(10)11/h2-7H,8H2,1H3,(H,15,17). The second-order valence-corrected chi connectivity index (χ2v) is 5.10. The Morgan fingerprint density at radius 2 is 2.16 bits per heavy atom. The van der Waals surface area contributed by atoms with Crippen molar-refractivity contribution in [1.82, 2.24) is 19.5 Å². The van der Waals surface area contributed by atoms with Crippen LogP contribution in [0.5, 0.6) is 0 Å². The lowest BCUT2D eigenvalue weighted by Gasteiger charge is -2.08. The molecule has 3 rings (SSSR count). The van der Waals surface area contributed by atoms with Gasteiger partial charge in [-0.1, -0.05) is 0 Å². The molecule has 0 saturated carbocycles. The summed E-state index contributed by atoms with van der Waals surface area (Å²) < 4.78 is 2.91. The fourth-order valence-corrected chi connectivity index (χ4v) is 2.21. The summed E-state index contributed by atoms with van der Waals surface area (Å²) in [7, 11) is 1.98. The highest BCUT2D eigenvalue weighted by Crippen LogP contribution is 2.22. The minimum absolute atomic E-state index is 0.653. The van der Waals surface area contributed by atoms with Crippen molar-refractivity contribution in [2.24, 2.45) is 7.05 Å². The first-order valence-corrected chi connectivity index (χ1v) is 6.63. The van der Waals surface area contributed by atoms with Gasteiger partial charge in [0.05, 0.1) is 17.7 Å². The van der Waals surface area contributed by atoms with E-state index in [9.17, 15) is 0 Å². The summed E-state index contributed by atoms with van der Waals surface area (Å²) >= 11 is 3.40. The van der Waals surface area contributed by atoms with Gasteiger partial charge >= 0.3 is 0 Å². The monoisotopic (exact) mass is 317 g/mol. The fourth-order valence-electron chi connectivity index (χ4n) is 1.89. The van der Waals surface area contributed by atoms with Crippen LogP contribution in [0.4, 0.5) is 5.69 Å². The van der Waals surface area contributed by atoms with Crippen LogP contribution in [0.25, 0.3) is 11.0 Å². The van der Waals surface area contributed by atoms with Crippen LogP contribution in [-0.4, -0.2) is 19.5 Å². The third kappa shape index (κ3) is 2.44. The SMILES string of the molecule is Cn1ccnc1CNc1ccnc2cc(Br)cnc12. The maximum Gasteiger partial charge on any atom is 0.127 e. The molecule has 3 aromatic rings. The Morgan fingerprint density at radius 1 is 1.26 bits per heavy atom. The molecule has 0 bridgehead atoms. The number of hydrogen-bond donors (Lipinski definition) is 1. The van der Waals surface area contributed by atoms with E-state index < -0.39 is 0 Å². The number of rotatable bonds is 3. The Labute approximate surface area is 118 Å². The van der Waals surface area contributed by atoms with Crippen LogP contribution in [-0.2, 0) is 13.6 Å². The molecular weight excluding hydrogens is 306 g/mol. The highest BCUT2D eigenvalue weighted by Gasteiger charge is 2.05. The summed E-state index contributed by atoms with van der Waals surface area (Å²) in [5, 5.41) is 3.35. The molecule has 0 aliphatic carbocycles. The molecule has 19 heavy (non-hydrogen) atoms. The number of aryl methyl sites for hydroxylation is 1. The van der Waals surface area contributed by atoms with Gasteiger partial charge < -0.3 is 9.88 Å². The van der Waals surface area contributed by atoms with Gasteiger partial charge in [0, 0.05) is 36.3 Å². The number of aromatic nitrogens is 4. The summed E-state index contributed by atoms with van der Waals surface area (Å²) in [5.41, 5.74) is 2.68. The topological polar surface area (TPSA) is 55.6 Å². The van der Waals surface area contributed by atoms with E-state index in [1.54, 1.807) is 18.6 Å². The molecule has 3 heterocycles. The van der Waals surface area contributed by atoms with E-state index in [4.69, 9.17) is 0 Å². The van der Waals surface area contributed by atoms with Crippen LogP contribution in [0, 0.1) is 0 Å². The van der Waals surface area contributed by atoms with Gasteiger partial charge in [-0.25, -0.2) is 4.98 Å². The van der Waals surface area contributed by atoms with E-state index in [0.717, 1.165) is 27.0 Å². The van der Waals surface area contributed by atoms with E-state index >= 15 is 0 Å². The van der Waals surface area contributed by atoms with E-state index in [2.05, 4.69) is 36.2 Å². The molecule has 0 unspecified atom stereocenters. The molecule has 0 amide bonds. The third-order valence-corrected chi connectivity index (χ3v) is 3.34. The Hall–Kier alpha value is -1.95. The molecule has 1 N–H and O–H groups in total. The van der Waals surface area contributed by atoms with E-state index in [0.29, 0.717) is 6.54 Å². The first-order valence-electron chi connectivity index (χ1n) is 5.84. The molecule has 0 aliphatic rings. The predicted octanol–water partition coefficient (Wildman–Crippen LogP) is 2.74. The number of hydrogen-bond acceptors (Lipinski definition) is 4. The van der Waals surface area contributed by atoms with Gasteiger partial charge in [-0.3, -0.25) is 9.97 Å². The van der Waals surface area contributed by atoms with Crippen LogP contribution in [0.15, 0.2) is 41.4 Å². The maximum atomic E-state index is 4.40. The molecule has 0 atom stereocenters. The molecule has 5 nitrogen and oxygen atoms in total. The fraction of sp³-hybridized carbons (Fsp3) is 0.154. The zero-order chi connectivity index (χ0) is 13.2. The van der Waals surface area contributed by atoms with Gasteiger partial charge in [-0.15, -0.1) is 0 Å². The molecule has 6 heteroatoms. The van der Waals surface area contributed by atoms with Crippen molar-refractivity contribution >= 4 is 32.7 Å². The quantitative estimate of drug-likeness (QED) is 0.807. The summed E-state index contributed by atoms with van der Waals surface area (Å²) in [4.78, 5) is 13.0. The van der Waals surface area contributed by atoms with Gasteiger partial charge in [-0.2, -0.15) is 0 Å². The zero-order valence-electron chi connectivity index (χ0n) is 10.3. The summed E-state index contributed by atoms with van der Waals surface area (Å²) in [6, 6.07) is 3.88. The third-order valence-electron chi connectivity index (χ3n) is 2.90. The molecule has 96 valence electrons. The Morgan fingerprint density at radius 3 is 2.95 bits per heavy atom. The first-order chi connectivity index (χ1) is 9.24. The summed E-state index contributed by atoms with van der Waals surface area (Å²) in [5.74, 6) is 0.974. The number of nitrogens with zero attached hydrogens (tertiary/aromatic N) is 4. The lowest BCUT2D eigenvalue weighted by atomic mass is 10.3. The van der Waals surface area contributed by atoms with Crippen molar-refractivity contribution in [3.05, 3.63) is 47.2 Å². The average molecular weight is 318 g/mol. The van der Waals surface area contributed by atoms with Gasteiger partial charge in [0.15, 0.2) is 0 Å². The Kier molecular flexibility index (Phi) is 3.16. The second kappa shape index (κ2) is 4.97. The van der Waals surface area contributed by atoms with Gasteiger partial charge in [0.1, 0.15) is 11.3 Å². The number of fused-ring (bicyclic) bond motifs is 1. The Bertz CT molecular complexity index is 722. The summed E-state index contributed by atoms with van der Waals surface area (Å²) in [6.45, 7) is 0.653. The molecule has 0 radical (unpaired) electrons. The van der Waals surface area contributed by atoms with Crippen LogP contribution in [0.2, 0.25) is 0 Å². The second-order valence-electron chi connectivity index (χ2n) is 4.19. The van der Waals surface area contributed by atoms with Crippen LogP contribution in [0.3, 0.4) is 0 Å². The summed E-state index contributed by atoms with van der Waals surface area (Å²) in [6.07, 6.45) is 7.27. The minimum Gasteiger partial charge on any atom is -0.376 e. The van der Waals surface area contributed by atoms with Gasteiger partial charge in [-0.05, 0) is 28.1 Å². The lowest BCUT2D eigenvalue weighted by molar-refractivity contribution is 0.813. The van der Waals surface area contributed by atoms with Crippen molar-refractivity contribution in [3.63, 3.8) is 0 Å². The molecular formula is C13H12BrN5. The molecule has 0 saturated heterocycles. The molecule has 0 aromatic carbocycles. The first kappa shape index (κ1) is 12.1. The molecule has 3 aromatic heterocycles. The number of nitrogens with one attached hydrogen (secondary N) is 1. The molecule has 0 fully saturated rings. The minimum atomic E-state index is 0.653. The molecule has 0 spiro atoms. The van der Waals surface area contributed by atoms with Crippen molar-refractivity contribution < 1.29 is 0 Å². The van der Waals surface area contributed by atoms with Gasteiger partial charge in [0.25, 0.3) is 0 Å². The van der Waals surface area contributed by atoms with E-state index in [1.165, 1.54) is 0 Å². The molecule has 0 aliphatic heterocycles. The predicted molar refractivity (Wildman–Crippen MR) is 77.8 cm³/mol. The van der Waals surface area contributed by atoms with Crippen molar-refractivity contribution in [2.75, 3.05) is 5.32 Å². The number of pyridine rings is 2. The van der Waals surface area contributed by atoms with Crippen molar-refractivity contribution in [2.45, 2.75) is 6.54 Å². The Balaban J connectivity index is 1.91. The zero-order valence-corrected chi connectivity index (χ0v) is 11.9. The van der Waals surface area contributed by atoms with Crippen LogP contribution >= 0.6 is 15.9 Å². The maximum absolute atomic E-state index is 4.40. The smallest absolute Gasteiger partial charge is 0.127 e. The largest absolute Gasteiger partial charge is 0.376 e. The van der Waals surface area contributed by atoms with Crippen molar-refractivity contribution in [1.29, 1.82) is 0 Å². The highest BCUT2D eigenvalue weighted by molar-refractivity contribution is 9.10. The van der Waals surface area contributed by atoms with Crippen LogP contribution in [0.1, 0.15) is 5.82 Å². The lowest BCUT2D eigenvalue weighted by Crippen LogP contribution is -2.06.